The fourth-order valence-electron chi connectivity index (χ4n) is 1.78. The number of hydrogen-bond donors (Lipinski definition) is 1. The van der Waals surface area contributed by atoms with Gasteiger partial charge in [-0.1, -0.05) is 30.3 Å². The van der Waals surface area contributed by atoms with Crippen LogP contribution in [0.5, 0.6) is 0 Å². The van der Waals surface area contributed by atoms with Gasteiger partial charge >= 0.3 is 12.1 Å². The maximum atomic E-state index is 11.8. The van der Waals surface area contributed by atoms with Crippen LogP contribution in [0.15, 0.2) is 30.3 Å². The zero-order chi connectivity index (χ0) is 17.3. The van der Waals surface area contributed by atoms with E-state index in [4.69, 9.17) is 14.2 Å². The van der Waals surface area contributed by atoms with Gasteiger partial charge in [-0.05, 0) is 26.3 Å². The lowest BCUT2D eigenvalue weighted by Crippen LogP contribution is -2.42. The number of amides is 1. The van der Waals surface area contributed by atoms with Gasteiger partial charge < -0.3 is 19.5 Å². The molecule has 23 heavy (non-hydrogen) atoms. The molecular formula is C17H25NO5. The predicted molar refractivity (Wildman–Crippen MR) is 85.9 cm³/mol. The van der Waals surface area contributed by atoms with E-state index in [1.807, 2.05) is 51.1 Å². The molecule has 0 heterocycles. The highest BCUT2D eigenvalue weighted by Crippen LogP contribution is 2.09. The molecule has 0 aliphatic heterocycles. The lowest BCUT2D eigenvalue weighted by molar-refractivity contribution is -0.144. The molecule has 128 valence electrons. The van der Waals surface area contributed by atoms with Crippen LogP contribution in [0.1, 0.15) is 32.8 Å². The van der Waals surface area contributed by atoms with E-state index in [1.165, 1.54) is 7.11 Å². The van der Waals surface area contributed by atoms with Crippen LogP contribution < -0.4 is 5.32 Å². The van der Waals surface area contributed by atoms with Gasteiger partial charge in [0, 0.05) is 13.0 Å². The summed E-state index contributed by atoms with van der Waals surface area (Å²) >= 11 is 0. The van der Waals surface area contributed by atoms with Gasteiger partial charge in [-0.3, -0.25) is 0 Å². The van der Waals surface area contributed by atoms with Crippen molar-refractivity contribution < 1.29 is 23.8 Å². The van der Waals surface area contributed by atoms with Gasteiger partial charge in [0.05, 0.1) is 12.7 Å². The number of benzene rings is 1. The van der Waals surface area contributed by atoms with E-state index in [1.54, 1.807) is 0 Å². The summed E-state index contributed by atoms with van der Waals surface area (Å²) in [5, 5.41) is 2.51. The Kier molecular flexibility index (Phi) is 7.54. The highest BCUT2D eigenvalue weighted by Gasteiger charge is 2.23. The van der Waals surface area contributed by atoms with Gasteiger partial charge in [-0.25, -0.2) is 9.59 Å². The second-order valence-corrected chi connectivity index (χ2v) is 6.03. The summed E-state index contributed by atoms with van der Waals surface area (Å²) in [6, 6.07) is 8.50. The summed E-state index contributed by atoms with van der Waals surface area (Å²) in [5.74, 6) is -0.529. The third-order valence-corrected chi connectivity index (χ3v) is 2.93. The largest absolute Gasteiger partial charge is 0.467 e. The van der Waals surface area contributed by atoms with Gasteiger partial charge in [0.15, 0.2) is 0 Å². The van der Waals surface area contributed by atoms with E-state index in [2.05, 4.69) is 5.32 Å². The summed E-state index contributed by atoms with van der Waals surface area (Å²) in [6.07, 6.45) is -0.357. The number of methoxy groups -OCH3 is 1. The zero-order valence-electron chi connectivity index (χ0n) is 14.1. The van der Waals surface area contributed by atoms with Crippen LogP contribution in [0, 0.1) is 0 Å². The molecule has 1 aromatic rings. The molecule has 0 fully saturated rings. The second-order valence-electron chi connectivity index (χ2n) is 6.03. The molecule has 0 unspecified atom stereocenters. The average Bonchev–Trinajstić information content (AvgIpc) is 2.51. The van der Waals surface area contributed by atoms with Crippen LogP contribution in [-0.4, -0.2) is 37.4 Å². The Balaban J connectivity index is 2.45. The molecule has 1 aromatic carbocycles. The molecule has 1 N–H and O–H groups in total. The van der Waals surface area contributed by atoms with Gasteiger partial charge in [0.2, 0.25) is 0 Å². The molecule has 0 aliphatic carbocycles. The third kappa shape index (κ3) is 8.21. The molecule has 1 amide bonds. The van der Waals surface area contributed by atoms with Crippen molar-refractivity contribution in [3.63, 3.8) is 0 Å². The number of hydrogen-bond acceptors (Lipinski definition) is 5. The maximum Gasteiger partial charge on any atom is 0.408 e. The minimum Gasteiger partial charge on any atom is -0.467 e. The Hall–Kier alpha value is -2.08. The molecular weight excluding hydrogens is 298 g/mol. The number of nitrogens with one attached hydrogen (secondary N) is 1. The monoisotopic (exact) mass is 323 g/mol. The Labute approximate surface area is 137 Å². The smallest absolute Gasteiger partial charge is 0.408 e. The Morgan fingerprint density at radius 2 is 1.83 bits per heavy atom. The van der Waals surface area contributed by atoms with Crippen molar-refractivity contribution in [3.8, 4) is 0 Å². The summed E-state index contributed by atoms with van der Waals surface area (Å²) in [5.41, 5.74) is 0.558. The quantitative estimate of drug-likeness (QED) is 0.781. The molecule has 0 radical (unpaired) electrons. The van der Waals surface area contributed by atoms with Crippen molar-refractivity contribution in [1.29, 1.82) is 0 Å². The van der Waals surface area contributed by atoms with Crippen LogP contribution in [0.25, 0.3) is 0 Å². The van der Waals surface area contributed by atoms with Crippen LogP contribution in [-0.2, 0) is 25.6 Å². The first kappa shape index (κ1) is 19.0. The van der Waals surface area contributed by atoms with Crippen LogP contribution in [0.2, 0.25) is 0 Å². The normalized spacial score (nSPS) is 12.3. The fourth-order valence-corrected chi connectivity index (χ4v) is 1.78. The van der Waals surface area contributed by atoms with Crippen molar-refractivity contribution in [1.82, 2.24) is 5.32 Å². The van der Waals surface area contributed by atoms with Gasteiger partial charge in [-0.15, -0.1) is 0 Å². The third-order valence-electron chi connectivity index (χ3n) is 2.93. The minimum atomic E-state index is -0.800. The van der Waals surface area contributed by atoms with E-state index in [0.29, 0.717) is 13.0 Å². The summed E-state index contributed by atoms with van der Waals surface area (Å²) in [4.78, 5) is 23.6. The van der Waals surface area contributed by atoms with Gasteiger partial charge in [0.1, 0.15) is 12.6 Å². The number of carbonyl (C=O) groups excluding carboxylic acids is 2. The lowest BCUT2D eigenvalue weighted by Gasteiger charge is -2.22. The van der Waals surface area contributed by atoms with Crippen molar-refractivity contribution in [2.24, 2.45) is 0 Å². The molecule has 6 heteroatoms. The van der Waals surface area contributed by atoms with Crippen molar-refractivity contribution in [2.75, 3.05) is 13.7 Å². The standard InChI is InChI=1S/C17H25NO5/c1-17(2,3)23-11-10-14(15(19)21-4)18-16(20)22-12-13-8-6-5-7-9-13/h5-9,14H,10-12H2,1-4H3,(H,18,20)/t14-/m1/s1. The number of alkyl carbamates (subject to hydrolysis) is 1. The molecule has 0 spiro atoms. The van der Waals surface area contributed by atoms with Crippen molar-refractivity contribution in [2.45, 2.75) is 45.4 Å². The average molecular weight is 323 g/mol. The minimum absolute atomic E-state index is 0.138. The maximum absolute atomic E-state index is 11.8. The first-order valence-electron chi connectivity index (χ1n) is 7.51. The van der Waals surface area contributed by atoms with Crippen molar-refractivity contribution in [3.05, 3.63) is 35.9 Å². The summed E-state index contributed by atoms with van der Waals surface area (Å²) in [6.45, 7) is 6.21. The van der Waals surface area contributed by atoms with Crippen LogP contribution in [0.4, 0.5) is 4.79 Å². The fraction of sp³-hybridized carbons (Fsp3) is 0.529. The molecule has 0 saturated heterocycles. The van der Waals surface area contributed by atoms with E-state index in [-0.39, 0.29) is 12.2 Å². The first-order chi connectivity index (χ1) is 10.8. The second kappa shape index (κ2) is 9.15. The molecule has 1 rings (SSSR count). The highest BCUT2D eigenvalue weighted by atomic mass is 16.6. The Morgan fingerprint density at radius 1 is 1.17 bits per heavy atom. The zero-order valence-corrected chi connectivity index (χ0v) is 14.1. The Bertz CT molecular complexity index is 495. The summed E-state index contributed by atoms with van der Waals surface area (Å²) in [7, 11) is 1.27. The van der Waals surface area contributed by atoms with Crippen molar-refractivity contribution >= 4 is 12.1 Å². The topological polar surface area (TPSA) is 73.9 Å². The molecule has 6 nitrogen and oxygen atoms in total. The van der Waals surface area contributed by atoms with E-state index in [9.17, 15) is 9.59 Å². The van der Waals surface area contributed by atoms with Gasteiger partial charge in [0.25, 0.3) is 0 Å². The SMILES string of the molecule is COC(=O)[C@@H](CCOC(C)(C)C)NC(=O)OCc1ccccc1. The molecule has 0 saturated carbocycles. The van der Waals surface area contributed by atoms with Crippen LogP contribution >= 0.6 is 0 Å². The van der Waals surface area contributed by atoms with E-state index < -0.39 is 18.1 Å². The van der Waals surface area contributed by atoms with Crippen LogP contribution in [0.3, 0.4) is 0 Å². The first-order valence-corrected chi connectivity index (χ1v) is 7.51. The molecule has 0 aromatic heterocycles. The number of esters is 1. The number of carbonyl (C=O) groups is 2. The molecule has 1 atom stereocenters. The van der Waals surface area contributed by atoms with E-state index >= 15 is 0 Å². The lowest BCUT2D eigenvalue weighted by atomic mass is 10.2. The number of ether oxygens (including phenoxy) is 3. The molecule has 0 aliphatic rings. The van der Waals surface area contributed by atoms with Gasteiger partial charge in [-0.2, -0.15) is 0 Å². The summed E-state index contributed by atoms with van der Waals surface area (Å²) < 4.78 is 15.4. The van der Waals surface area contributed by atoms with E-state index in [0.717, 1.165) is 5.56 Å². The highest BCUT2D eigenvalue weighted by molar-refractivity contribution is 5.81. The predicted octanol–water partition coefficient (Wildman–Crippen LogP) is 2.66. The molecule has 0 bridgehead atoms. The Morgan fingerprint density at radius 3 is 2.39 bits per heavy atom. The number of rotatable bonds is 7.